The van der Waals surface area contributed by atoms with E-state index in [-0.39, 0.29) is 12.1 Å². The van der Waals surface area contributed by atoms with E-state index in [0.29, 0.717) is 13.0 Å². The number of carboxylic acids is 1. The third-order valence-electron chi connectivity index (χ3n) is 3.32. The molecule has 1 aliphatic rings. The summed E-state index contributed by atoms with van der Waals surface area (Å²) in [7, 11) is 0. The maximum atomic E-state index is 12.1. The number of pyridine rings is 1. The molecule has 0 spiro atoms. The van der Waals surface area contributed by atoms with Crippen molar-refractivity contribution < 1.29 is 14.7 Å². The van der Waals surface area contributed by atoms with Crippen LogP contribution in [0.25, 0.3) is 0 Å². The maximum absolute atomic E-state index is 12.1. The Hall–Kier alpha value is -2.11. The summed E-state index contributed by atoms with van der Waals surface area (Å²) < 4.78 is 0. The van der Waals surface area contributed by atoms with Gasteiger partial charge < -0.3 is 15.3 Å². The van der Waals surface area contributed by atoms with Crippen LogP contribution in [0.1, 0.15) is 31.4 Å². The lowest BCUT2D eigenvalue weighted by Gasteiger charge is -2.24. The van der Waals surface area contributed by atoms with Gasteiger partial charge in [0.15, 0.2) is 0 Å². The van der Waals surface area contributed by atoms with Crippen LogP contribution in [0.4, 0.5) is 4.79 Å². The SMILES string of the molecule is CC(NC(=O)N1CCCC1C(=O)O)c1cccnc1. The lowest BCUT2D eigenvalue weighted by molar-refractivity contribution is -0.141. The van der Waals surface area contributed by atoms with Gasteiger partial charge in [-0.1, -0.05) is 6.07 Å². The summed E-state index contributed by atoms with van der Waals surface area (Å²) in [6.45, 7) is 2.34. The summed E-state index contributed by atoms with van der Waals surface area (Å²) >= 11 is 0. The van der Waals surface area contributed by atoms with E-state index in [1.807, 2.05) is 13.0 Å². The van der Waals surface area contributed by atoms with Crippen molar-refractivity contribution in [2.24, 2.45) is 0 Å². The number of carboxylic acid groups (broad SMARTS) is 1. The number of likely N-dealkylation sites (tertiary alicyclic amines) is 1. The van der Waals surface area contributed by atoms with Crippen LogP contribution in [-0.4, -0.2) is 39.6 Å². The minimum atomic E-state index is -0.943. The molecule has 2 rings (SSSR count). The second-order valence-electron chi connectivity index (χ2n) is 4.65. The molecule has 1 aromatic rings. The molecule has 2 N–H and O–H groups in total. The van der Waals surface area contributed by atoms with Gasteiger partial charge >= 0.3 is 12.0 Å². The number of carbonyl (C=O) groups is 2. The Morgan fingerprint density at radius 1 is 1.58 bits per heavy atom. The van der Waals surface area contributed by atoms with E-state index < -0.39 is 12.0 Å². The van der Waals surface area contributed by atoms with Crippen LogP contribution in [-0.2, 0) is 4.79 Å². The summed E-state index contributed by atoms with van der Waals surface area (Å²) in [5.41, 5.74) is 0.891. The molecule has 0 saturated carbocycles. The molecule has 2 unspecified atom stereocenters. The number of hydrogen-bond acceptors (Lipinski definition) is 3. The molecule has 2 atom stereocenters. The highest BCUT2D eigenvalue weighted by molar-refractivity contribution is 5.83. The third-order valence-corrected chi connectivity index (χ3v) is 3.32. The fourth-order valence-corrected chi connectivity index (χ4v) is 2.25. The fraction of sp³-hybridized carbons (Fsp3) is 0.462. The van der Waals surface area contributed by atoms with Crippen molar-refractivity contribution in [3.05, 3.63) is 30.1 Å². The summed E-state index contributed by atoms with van der Waals surface area (Å²) in [5, 5.41) is 11.9. The number of amides is 2. The number of nitrogens with zero attached hydrogens (tertiary/aromatic N) is 2. The second kappa shape index (κ2) is 5.69. The molecular weight excluding hydrogens is 246 g/mol. The highest BCUT2D eigenvalue weighted by atomic mass is 16.4. The average molecular weight is 263 g/mol. The second-order valence-corrected chi connectivity index (χ2v) is 4.65. The summed E-state index contributed by atoms with van der Waals surface area (Å²) in [6, 6.07) is 2.43. The van der Waals surface area contributed by atoms with Gasteiger partial charge in [-0.25, -0.2) is 9.59 Å². The maximum Gasteiger partial charge on any atom is 0.326 e. The molecular formula is C13H17N3O3. The smallest absolute Gasteiger partial charge is 0.326 e. The normalized spacial score (nSPS) is 20.1. The zero-order valence-corrected chi connectivity index (χ0v) is 10.7. The number of aliphatic carboxylic acids is 1. The van der Waals surface area contributed by atoms with Crippen LogP contribution in [0, 0.1) is 0 Å². The van der Waals surface area contributed by atoms with Crippen LogP contribution in [0.15, 0.2) is 24.5 Å². The van der Waals surface area contributed by atoms with Crippen molar-refractivity contribution in [2.45, 2.75) is 31.8 Å². The molecule has 6 heteroatoms. The number of rotatable bonds is 3. The Labute approximate surface area is 111 Å². The van der Waals surface area contributed by atoms with Gasteiger partial charge in [-0.05, 0) is 31.4 Å². The van der Waals surface area contributed by atoms with Gasteiger partial charge in [0, 0.05) is 18.9 Å². The Bertz CT molecular complexity index is 463. The van der Waals surface area contributed by atoms with Crippen LogP contribution in [0.3, 0.4) is 0 Å². The van der Waals surface area contributed by atoms with Gasteiger partial charge in [0.2, 0.25) is 0 Å². The molecule has 2 heterocycles. The average Bonchev–Trinajstić information content (AvgIpc) is 2.89. The lowest BCUT2D eigenvalue weighted by atomic mass is 10.1. The minimum absolute atomic E-state index is 0.198. The standard InChI is InChI=1S/C13H17N3O3/c1-9(10-4-2-6-14-8-10)15-13(19)16-7-3-5-11(16)12(17)18/h2,4,6,8-9,11H,3,5,7H2,1H3,(H,15,19)(H,17,18). The van der Waals surface area contributed by atoms with Gasteiger partial charge in [0.1, 0.15) is 6.04 Å². The van der Waals surface area contributed by atoms with Crippen molar-refractivity contribution in [1.29, 1.82) is 0 Å². The molecule has 0 bridgehead atoms. The van der Waals surface area contributed by atoms with Crippen molar-refractivity contribution in [1.82, 2.24) is 15.2 Å². The first-order valence-corrected chi connectivity index (χ1v) is 6.29. The zero-order chi connectivity index (χ0) is 13.8. The Balaban J connectivity index is 1.99. The number of urea groups is 1. The molecule has 19 heavy (non-hydrogen) atoms. The Morgan fingerprint density at radius 3 is 3.00 bits per heavy atom. The van der Waals surface area contributed by atoms with E-state index in [1.165, 1.54) is 4.90 Å². The van der Waals surface area contributed by atoms with Crippen molar-refractivity contribution in [2.75, 3.05) is 6.54 Å². The quantitative estimate of drug-likeness (QED) is 0.863. The summed E-state index contributed by atoms with van der Waals surface area (Å²) in [5.74, 6) is -0.943. The number of hydrogen-bond donors (Lipinski definition) is 2. The van der Waals surface area contributed by atoms with Gasteiger partial charge in [0.05, 0.1) is 6.04 Å². The van der Waals surface area contributed by atoms with Crippen molar-refractivity contribution >= 4 is 12.0 Å². The summed E-state index contributed by atoms with van der Waals surface area (Å²) in [4.78, 5) is 28.5. The van der Waals surface area contributed by atoms with Gasteiger partial charge in [-0.3, -0.25) is 4.98 Å². The minimum Gasteiger partial charge on any atom is -0.480 e. The third kappa shape index (κ3) is 3.01. The number of nitrogens with one attached hydrogen (secondary N) is 1. The van der Waals surface area contributed by atoms with E-state index in [0.717, 1.165) is 12.0 Å². The van der Waals surface area contributed by atoms with E-state index in [9.17, 15) is 9.59 Å². The van der Waals surface area contributed by atoms with Gasteiger partial charge in [-0.2, -0.15) is 0 Å². The first kappa shape index (κ1) is 13.3. The molecule has 1 saturated heterocycles. The number of aromatic nitrogens is 1. The summed E-state index contributed by atoms with van der Waals surface area (Å²) in [6.07, 6.45) is 4.60. The zero-order valence-electron chi connectivity index (χ0n) is 10.7. The van der Waals surface area contributed by atoms with Crippen molar-refractivity contribution in [3.8, 4) is 0 Å². The van der Waals surface area contributed by atoms with Crippen LogP contribution >= 0.6 is 0 Å². The van der Waals surface area contributed by atoms with E-state index in [1.54, 1.807) is 18.5 Å². The molecule has 2 amide bonds. The highest BCUT2D eigenvalue weighted by Gasteiger charge is 2.34. The predicted molar refractivity (Wildman–Crippen MR) is 68.5 cm³/mol. The first-order chi connectivity index (χ1) is 9.09. The van der Waals surface area contributed by atoms with Crippen LogP contribution in [0.2, 0.25) is 0 Å². The molecule has 1 fully saturated rings. The van der Waals surface area contributed by atoms with E-state index in [2.05, 4.69) is 10.3 Å². The van der Waals surface area contributed by atoms with Crippen molar-refractivity contribution in [3.63, 3.8) is 0 Å². The molecule has 102 valence electrons. The van der Waals surface area contributed by atoms with E-state index >= 15 is 0 Å². The molecule has 1 aliphatic heterocycles. The molecule has 6 nitrogen and oxygen atoms in total. The largest absolute Gasteiger partial charge is 0.480 e. The first-order valence-electron chi connectivity index (χ1n) is 6.29. The molecule has 0 radical (unpaired) electrons. The highest BCUT2D eigenvalue weighted by Crippen LogP contribution is 2.19. The Kier molecular flexibility index (Phi) is 3.99. The topological polar surface area (TPSA) is 82.5 Å². The molecule has 0 aliphatic carbocycles. The molecule has 1 aromatic heterocycles. The van der Waals surface area contributed by atoms with Crippen LogP contribution in [0.5, 0.6) is 0 Å². The predicted octanol–water partition coefficient (Wildman–Crippen LogP) is 1.40. The number of carbonyl (C=O) groups excluding carboxylic acids is 1. The fourth-order valence-electron chi connectivity index (χ4n) is 2.25. The van der Waals surface area contributed by atoms with E-state index in [4.69, 9.17) is 5.11 Å². The lowest BCUT2D eigenvalue weighted by Crippen LogP contribution is -2.46. The Morgan fingerprint density at radius 2 is 2.37 bits per heavy atom. The van der Waals surface area contributed by atoms with Crippen LogP contribution < -0.4 is 5.32 Å². The van der Waals surface area contributed by atoms with Gasteiger partial charge in [-0.15, -0.1) is 0 Å². The molecule has 0 aromatic carbocycles. The monoisotopic (exact) mass is 263 g/mol. The van der Waals surface area contributed by atoms with Gasteiger partial charge in [0.25, 0.3) is 0 Å².